The van der Waals surface area contributed by atoms with Crippen LogP contribution in [0.25, 0.3) is 0 Å². The highest BCUT2D eigenvalue weighted by Crippen LogP contribution is 2.26. The minimum atomic E-state index is -1.08. The minimum Gasteiger partial charge on any atom is -0.392 e. The van der Waals surface area contributed by atoms with Crippen LogP contribution in [0.1, 0.15) is 16.7 Å². The number of aliphatic hydroxyl groups excluding tert-OH is 1. The van der Waals surface area contributed by atoms with Crippen LogP contribution in [0.2, 0.25) is 10.0 Å². The zero-order chi connectivity index (χ0) is 14.5. The Kier molecular flexibility index (Phi) is 5.61. The van der Waals surface area contributed by atoms with E-state index in [0.29, 0.717) is 21.6 Å². The van der Waals surface area contributed by atoms with E-state index in [1.165, 1.54) is 0 Å². The Labute approximate surface area is 130 Å². The quantitative estimate of drug-likeness (QED) is 0.902. The molecule has 2 aromatic rings. The Morgan fingerprint density at radius 2 is 1.45 bits per heavy atom. The summed E-state index contributed by atoms with van der Waals surface area (Å²) in [5, 5.41) is 10.1. The molecular weight excluding hydrogens is 315 g/mol. The lowest BCUT2D eigenvalue weighted by atomic mass is 10.2. The van der Waals surface area contributed by atoms with Crippen LogP contribution in [-0.2, 0) is 28.9 Å². The van der Waals surface area contributed by atoms with Gasteiger partial charge in [-0.05, 0) is 23.3 Å². The molecule has 0 aliphatic rings. The summed E-state index contributed by atoms with van der Waals surface area (Å²) < 4.78 is 12.2. The Bertz CT molecular complexity index is 592. The van der Waals surface area contributed by atoms with Crippen LogP contribution < -0.4 is 0 Å². The Hall–Kier alpha value is -0.870. The number of hydrogen-bond donors (Lipinski definition) is 1. The van der Waals surface area contributed by atoms with Gasteiger partial charge in [0.2, 0.25) is 0 Å². The molecule has 0 bridgehead atoms. The van der Waals surface area contributed by atoms with Gasteiger partial charge in [-0.1, -0.05) is 53.5 Å². The predicted octanol–water partition coefficient (Wildman–Crippen LogP) is 3.93. The van der Waals surface area contributed by atoms with Gasteiger partial charge in [0, 0.05) is 32.2 Å². The largest absolute Gasteiger partial charge is 0.392 e. The third-order valence-corrected chi connectivity index (χ3v) is 4.87. The molecule has 20 heavy (non-hydrogen) atoms. The average Bonchev–Trinajstić information content (AvgIpc) is 2.44. The molecule has 1 N–H and O–H groups in total. The summed E-state index contributed by atoms with van der Waals surface area (Å²) in [6.07, 6.45) is 0. The minimum absolute atomic E-state index is 0.0125. The molecule has 0 saturated heterocycles. The monoisotopic (exact) mass is 328 g/mol. The first kappa shape index (κ1) is 15.5. The van der Waals surface area contributed by atoms with Gasteiger partial charge in [-0.2, -0.15) is 0 Å². The second-order valence-electron chi connectivity index (χ2n) is 4.40. The van der Waals surface area contributed by atoms with Crippen LogP contribution in [0.4, 0.5) is 0 Å². The van der Waals surface area contributed by atoms with Crippen LogP contribution in [0.5, 0.6) is 0 Å². The lowest BCUT2D eigenvalue weighted by Gasteiger charge is -2.07. The summed E-state index contributed by atoms with van der Waals surface area (Å²) in [6.45, 7) is 0.0125. The first-order valence-corrected chi connectivity index (χ1v) is 8.31. The summed E-state index contributed by atoms with van der Waals surface area (Å²) in [6, 6.07) is 12.7. The normalized spacial score (nSPS) is 12.3. The summed E-state index contributed by atoms with van der Waals surface area (Å²) in [5.74, 6) is 0.771. The topological polar surface area (TPSA) is 37.3 Å². The number of halogens is 2. The van der Waals surface area contributed by atoms with Crippen molar-refractivity contribution >= 4 is 34.0 Å². The van der Waals surface area contributed by atoms with Crippen LogP contribution in [0.15, 0.2) is 42.5 Å². The fourth-order valence-corrected chi connectivity index (χ4v) is 3.80. The molecule has 0 heterocycles. The van der Waals surface area contributed by atoms with Crippen LogP contribution in [-0.4, -0.2) is 9.32 Å². The molecule has 2 nitrogen and oxygen atoms in total. The maximum absolute atomic E-state index is 12.2. The molecule has 0 spiro atoms. The maximum Gasteiger partial charge on any atom is 0.0681 e. The number of benzene rings is 2. The SMILES string of the molecule is O=S(Cc1ccc(CO)cc1)Cc1c(Cl)cccc1Cl. The standard InChI is InChI=1S/C15H14Cl2O2S/c16-14-2-1-3-15(17)13(14)10-20(19)9-12-6-4-11(8-18)5-7-12/h1-7,18H,8-10H2. The maximum atomic E-state index is 12.2. The molecule has 2 aromatic carbocycles. The highest BCUT2D eigenvalue weighted by molar-refractivity contribution is 7.83. The van der Waals surface area contributed by atoms with E-state index in [1.54, 1.807) is 18.2 Å². The van der Waals surface area contributed by atoms with Crippen molar-refractivity contribution in [3.8, 4) is 0 Å². The van der Waals surface area contributed by atoms with E-state index in [0.717, 1.165) is 16.7 Å². The molecule has 5 heteroatoms. The molecule has 0 fully saturated rings. The summed E-state index contributed by atoms with van der Waals surface area (Å²) in [7, 11) is -1.08. The Morgan fingerprint density at radius 3 is 2.00 bits per heavy atom. The average molecular weight is 329 g/mol. The fourth-order valence-electron chi connectivity index (χ4n) is 1.81. The number of hydrogen-bond acceptors (Lipinski definition) is 2. The highest BCUT2D eigenvalue weighted by Gasteiger charge is 2.10. The third-order valence-electron chi connectivity index (χ3n) is 2.90. The van der Waals surface area contributed by atoms with Crippen molar-refractivity contribution in [3.63, 3.8) is 0 Å². The first-order valence-electron chi connectivity index (χ1n) is 6.06. The summed E-state index contributed by atoms with van der Waals surface area (Å²) in [4.78, 5) is 0. The molecule has 0 aromatic heterocycles. The molecule has 2 rings (SSSR count). The van der Waals surface area contributed by atoms with Crippen LogP contribution in [0.3, 0.4) is 0 Å². The van der Waals surface area contributed by atoms with Gasteiger partial charge in [0.25, 0.3) is 0 Å². The van der Waals surface area contributed by atoms with Gasteiger partial charge in [-0.3, -0.25) is 4.21 Å². The predicted molar refractivity (Wildman–Crippen MR) is 84.4 cm³/mol. The fraction of sp³-hybridized carbons (Fsp3) is 0.200. The van der Waals surface area contributed by atoms with E-state index in [4.69, 9.17) is 28.3 Å². The van der Waals surface area contributed by atoms with E-state index in [2.05, 4.69) is 0 Å². The lowest BCUT2D eigenvalue weighted by Crippen LogP contribution is -2.01. The van der Waals surface area contributed by atoms with Crippen molar-refractivity contribution in [2.45, 2.75) is 18.1 Å². The zero-order valence-electron chi connectivity index (χ0n) is 10.7. The van der Waals surface area contributed by atoms with Gasteiger partial charge < -0.3 is 5.11 Å². The van der Waals surface area contributed by atoms with Crippen molar-refractivity contribution in [1.29, 1.82) is 0 Å². The van der Waals surface area contributed by atoms with Crippen molar-refractivity contribution < 1.29 is 9.32 Å². The molecule has 0 amide bonds. The van der Waals surface area contributed by atoms with Crippen molar-refractivity contribution in [3.05, 3.63) is 69.2 Å². The first-order chi connectivity index (χ1) is 9.60. The Balaban J connectivity index is 2.05. The third kappa shape index (κ3) is 4.06. The molecule has 0 saturated carbocycles. The van der Waals surface area contributed by atoms with E-state index in [-0.39, 0.29) is 6.61 Å². The van der Waals surface area contributed by atoms with E-state index in [1.807, 2.05) is 24.3 Å². The van der Waals surface area contributed by atoms with Gasteiger partial charge in [0.1, 0.15) is 0 Å². The van der Waals surface area contributed by atoms with Crippen molar-refractivity contribution in [2.24, 2.45) is 0 Å². The highest BCUT2D eigenvalue weighted by atomic mass is 35.5. The van der Waals surface area contributed by atoms with Crippen molar-refractivity contribution in [1.82, 2.24) is 0 Å². The van der Waals surface area contributed by atoms with Crippen LogP contribution >= 0.6 is 23.2 Å². The van der Waals surface area contributed by atoms with E-state index < -0.39 is 10.8 Å². The van der Waals surface area contributed by atoms with Crippen molar-refractivity contribution in [2.75, 3.05) is 0 Å². The second-order valence-corrected chi connectivity index (χ2v) is 6.67. The number of rotatable bonds is 5. The van der Waals surface area contributed by atoms with Crippen LogP contribution in [0, 0.1) is 0 Å². The zero-order valence-corrected chi connectivity index (χ0v) is 13.0. The molecule has 0 aliphatic heterocycles. The van der Waals surface area contributed by atoms with Gasteiger partial charge in [-0.25, -0.2) is 0 Å². The van der Waals surface area contributed by atoms with Gasteiger partial charge >= 0.3 is 0 Å². The molecule has 1 atom stereocenters. The smallest absolute Gasteiger partial charge is 0.0681 e. The molecule has 0 radical (unpaired) electrons. The molecule has 0 aliphatic carbocycles. The van der Waals surface area contributed by atoms with E-state index >= 15 is 0 Å². The van der Waals surface area contributed by atoms with Gasteiger partial charge in [0.15, 0.2) is 0 Å². The Morgan fingerprint density at radius 1 is 0.900 bits per heavy atom. The molecular formula is C15H14Cl2O2S. The molecule has 1 unspecified atom stereocenters. The van der Waals surface area contributed by atoms with Gasteiger partial charge in [-0.15, -0.1) is 0 Å². The summed E-state index contributed by atoms with van der Waals surface area (Å²) >= 11 is 12.1. The summed E-state index contributed by atoms with van der Waals surface area (Å²) in [5.41, 5.74) is 2.53. The van der Waals surface area contributed by atoms with Gasteiger partial charge in [0.05, 0.1) is 12.4 Å². The second kappa shape index (κ2) is 7.23. The molecule has 106 valence electrons. The number of aliphatic hydroxyl groups is 1. The van der Waals surface area contributed by atoms with E-state index in [9.17, 15) is 4.21 Å². The lowest BCUT2D eigenvalue weighted by molar-refractivity contribution is 0.282.